The van der Waals surface area contributed by atoms with E-state index in [2.05, 4.69) is 165 Å². The minimum atomic E-state index is 0.0504. The summed E-state index contributed by atoms with van der Waals surface area (Å²) in [6, 6.07) is 6.88. The standard InChI is InChI=1S/2C16H25N.C15H24N2/c1-15(2,3)12-8-9-13-11(12)7-10-14(17-13)16(4,5)6;1-15(2,3)13-8-7-11-9-14(16(4,5)6)17-10-12(11)13;1-14(2,3)11-7-8-12-10(11)9-16-13(17-12)15(4,5)6/h7,10,12H,8-9H2,1-6H3;9-10,13H,7-8H2,1-6H3;9,11H,7-8H2,1-6H3. The molecule has 3 heterocycles. The van der Waals surface area contributed by atoms with Gasteiger partial charge in [0.2, 0.25) is 0 Å². The number of pyridine rings is 2. The van der Waals surface area contributed by atoms with Crippen LogP contribution in [0.15, 0.2) is 30.6 Å². The van der Waals surface area contributed by atoms with Gasteiger partial charge in [0.05, 0.1) is 0 Å². The third-order valence-corrected chi connectivity index (χ3v) is 11.4. The molecule has 6 rings (SSSR count). The van der Waals surface area contributed by atoms with Gasteiger partial charge in [-0.3, -0.25) is 9.97 Å². The predicted molar refractivity (Wildman–Crippen MR) is 218 cm³/mol. The molecule has 0 fully saturated rings. The molecule has 3 unspecified atom stereocenters. The van der Waals surface area contributed by atoms with Crippen LogP contribution in [0.5, 0.6) is 0 Å². The first-order chi connectivity index (χ1) is 23.1. The largest absolute Gasteiger partial charge is 0.260 e. The third-order valence-electron chi connectivity index (χ3n) is 11.4. The summed E-state index contributed by atoms with van der Waals surface area (Å²) in [7, 11) is 0. The summed E-state index contributed by atoms with van der Waals surface area (Å²) in [5, 5.41) is 0. The van der Waals surface area contributed by atoms with Gasteiger partial charge in [0.25, 0.3) is 0 Å². The van der Waals surface area contributed by atoms with Crippen molar-refractivity contribution < 1.29 is 0 Å². The van der Waals surface area contributed by atoms with Crippen molar-refractivity contribution in [3.05, 3.63) is 81.4 Å². The summed E-state index contributed by atoms with van der Waals surface area (Å²) in [6.45, 7) is 40.9. The van der Waals surface area contributed by atoms with Crippen molar-refractivity contribution in [1.29, 1.82) is 0 Å². The molecule has 0 saturated heterocycles. The molecule has 3 aromatic rings. The van der Waals surface area contributed by atoms with Crippen LogP contribution in [0.4, 0.5) is 0 Å². The highest BCUT2D eigenvalue weighted by Gasteiger charge is 2.36. The molecule has 4 heteroatoms. The Balaban J connectivity index is 0.000000172. The smallest absolute Gasteiger partial charge is 0.133 e. The Morgan fingerprint density at radius 3 is 1.39 bits per heavy atom. The molecule has 0 N–H and O–H groups in total. The molecule has 4 nitrogen and oxygen atoms in total. The quantitative estimate of drug-likeness (QED) is 0.235. The van der Waals surface area contributed by atoms with E-state index in [0.717, 1.165) is 18.7 Å². The fraction of sp³-hybridized carbons (Fsp3) is 0.702. The maximum Gasteiger partial charge on any atom is 0.133 e. The number of aryl methyl sites for hydroxylation is 3. The molecule has 3 aliphatic rings. The summed E-state index contributed by atoms with van der Waals surface area (Å²) in [5.74, 6) is 2.95. The Labute approximate surface area is 313 Å². The van der Waals surface area contributed by atoms with Crippen molar-refractivity contribution in [2.24, 2.45) is 16.2 Å². The van der Waals surface area contributed by atoms with Gasteiger partial charge in [0.1, 0.15) is 5.82 Å². The molecular weight excluding hydrogens is 621 g/mol. The van der Waals surface area contributed by atoms with Gasteiger partial charge in [0.15, 0.2) is 0 Å². The second-order valence-corrected chi connectivity index (χ2v) is 22.2. The zero-order chi connectivity index (χ0) is 38.5. The second-order valence-electron chi connectivity index (χ2n) is 22.2. The van der Waals surface area contributed by atoms with Crippen LogP contribution in [0.3, 0.4) is 0 Å². The Morgan fingerprint density at radius 1 is 0.451 bits per heavy atom. The number of rotatable bonds is 0. The van der Waals surface area contributed by atoms with E-state index in [1.54, 1.807) is 0 Å². The number of fused-ring (bicyclic) bond motifs is 3. The molecule has 282 valence electrons. The third kappa shape index (κ3) is 9.88. The van der Waals surface area contributed by atoms with Crippen LogP contribution in [0.25, 0.3) is 0 Å². The minimum absolute atomic E-state index is 0.0504. The van der Waals surface area contributed by atoms with E-state index in [1.165, 1.54) is 70.7 Å². The van der Waals surface area contributed by atoms with E-state index in [4.69, 9.17) is 9.97 Å². The summed E-state index contributed by atoms with van der Waals surface area (Å²) in [5.41, 5.74) is 12.4. The van der Waals surface area contributed by atoms with Gasteiger partial charge in [-0.05, 0) is 107 Å². The van der Waals surface area contributed by atoms with Crippen molar-refractivity contribution in [3.8, 4) is 0 Å². The Morgan fingerprint density at radius 2 is 0.902 bits per heavy atom. The summed E-state index contributed by atoms with van der Waals surface area (Å²) >= 11 is 0. The van der Waals surface area contributed by atoms with Crippen molar-refractivity contribution in [2.75, 3.05) is 0 Å². The number of nitrogens with zero attached hydrogens (tertiary/aromatic N) is 4. The van der Waals surface area contributed by atoms with Crippen molar-refractivity contribution in [3.63, 3.8) is 0 Å². The Hall–Kier alpha value is -2.62. The van der Waals surface area contributed by atoms with Gasteiger partial charge >= 0.3 is 0 Å². The minimum Gasteiger partial charge on any atom is -0.260 e. The molecule has 51 heavy (non-hydrogen) atoms. The van der Waals surface area contributed by atoms with Gasteiger partial charge in [-0.2, -0.15) is 0 Å². The maximum absolute atomic E-state index is 4.89. The SMILES string of the molecule is CC(C)(C)c1cc2c(cn1)C(C(C)(C)C)CC2.CC(C)(C)c1ccc2c(n1)CCC2C(C)(C)C.CC(C)(C)c1ncc2c(n1)CCC2C(C)(C)C. The number of aromatic nitrogens is 4. The highest BCUT2D eigenvalue weighted by atomic mass is 14.9. The van der Waals surface area contributed by atoms with Crippen molar-refractivity contribution in [2.45, 2.75) is 197 Å². The van der Waals surface area contributed by atoms with Crippen LogP contribution in [0.2, 0.25) is 0 Å². The zero-order valence-corrected chi connectivity index (χ0v) is 36.2. The predicted octanol–water partition coefficient (Wildman–Crippen LogP) is 12.8. The van der Waals surface area contributed by atoms with Crippen LogP contribution < -0.4 is 0 Å². The van der Waals surface area contributed by atoms with Crippen molar-refractivity contribution >= 4 is 0 Å². The van der Waals surface area contributed by atoms with E-state index in [1.807, 2.05) is 0 Å². The first kappa shape index (κ1) is 41.1. The van der Waals surface area contributed by atoms with E-state index >= 15 is 0 Å². The van der Waals surface area contributed by atoms with Gasteiger partial charge in [-0.25, -0.2) is 9.97 Å². The lowest BCUT2D eigenvalue weighted by Gasteiger charge is -2.28. The molecule has 3 atom stereocenters. The van der Waals surface area contributed by atoms with Crippen LogP contribution in [0.1, 0.15) is 212 Å². The van der Waals surface area contributed by atoms with Gasteiger partial charge in [0, 0.05) is 51.4 Å². The lowest BCUT2D eigenvalue weighted by atomic mass is 9.77. The molecule has 0 aliphatic heterocycles. The summed E-state index contributed by atoms with van der Waals surface area (Å²) < 4.78 is 0. The van der Waals surface area contributed by atoms with Crippen LogP contribution in [-0.4, -0.2) is 19.9 Å². The molecule has 3 aromatic heterocycles. The Kier molecular flexibility index (Phi) is 11.5. The fourth-order valence-corrected chi connectivity index (χ4v) is 8.20. The molecule has 0 aromatic carbocycles. The average Bonchev–Trinajstić information content (AvgIpc) is 3.71. The molecule has 0 bridgehead atoms. The van der Waals surface area contributed by atoms with E-state index in [0.29, 0.717) is 34.0 Å². The first-order valence-electron chi connectivity index (χ1n) is 19.9. The lowest BCUT2D eigenvalue weighted by molar-refractivity contribution is 0.318. The van der Waals surface area contributed by atoms with Crippen LogP contribution in [0, 0.1) is 16.2 Å². The zero-order valence-electron chi connectivity index (χ0n) is 36.2. The summed E-state index contributed by atoms with van der Waals surface area (Å²) in [4.78, 5) is 18.9. The van der Waals surface area contributed by atoms with Gasteiger partial charge < -0.3 is 0 Å². The van der Waals surface area contributed by atoms with Gasteiger partial charge in [-0.1, -0.05) is 131 Å². The summed E-state index contributed by atoms with van der Waals surface area (Å²) in [6.07, 6.45) is 11.5. The highest BCUT2D eigenvalue weighted by Crippen LogP contribution is 2.47. The highest BCUT2D eigenvalue weighted by molar-refractivity contribution is 5.37. The van der Waals surface area contributed by atoms with Crippen LogP contribution >= 0.6 is 0 Å². The molecule has 0 saturated carbocycles. The first-order valence-corrected chi connectivity index (χ1v) is 19.9. The molecule has 0 radical (unpaired) electrons. The maximum atomic E-state index is 4.89. The topological polar surface area (TPSA) is 51.6 Å². The molecule has 0 spiro atoms. The van der Waals surface area contributed by atoms with Gasteiger partial charge in [-0.15, -0.1) is 0 Å². The lowest BCUT2D eigenvalue weighted by Crippen LogP contribution is -2.19. The Bertz CT molecular complexity index is 1460. The number of hydrogen-bond donors (Lipinski definition) is 0. The van der Waals surface area contributed by atoms with E-state index in [9.17, 15) is 0 Å². The average molecular weight is 695 g/mol. The van der Waals surface area contributed by atoms with E-state index < -0.39 is 0 Å². The van der Waals surface area contributed by atoms with E-state index in [-0.39, 0.29) is 16.2 Å². The monoisotopic (exact) mass is 695 g/mol. The molecule has 3 aliphatic carbocycles. The van der Waals surface area contributed by atoms with Crippen LogP contribution in [-0.2, 0) is 35.5 Å². The number of hydrogen-bond acceptors (Lipinski definition) is 4. The normalized spacial score (nSPS) is 20.5. The molecular formula is C47H74N4. The second kappa shape index (κ2) is 14.3. The van der Waals surface area contributed by atoms with Crippen molar-refractivity contribution in [1.82, 2.24) is 19.9 Å². The molecule has 0 amide bonds. The fourth-order valence-electron chi connectivity index (χ4n) is 8.20.